The molecule has 0 amide bonds. The summed E-state index contributed by atoms with van der Waals surface area (Å²) in [5.74, 6) is 0.485. The molecule has 1 heterocycles. The fraction of sp³-hybridized carbons (Fsp3) is 0.615. The zero-order chi connectivity index (χ0) is 12.4. The molecule has 1 saturated carbocycles. The second-order valence-corrected chi connectivity index (χ2v) is 4.86. The molecule has 0 saturated heterocycles. The monoisotopic (exact) mass is 237 g/mol. The number of aryl methyl sites for hydroxylation is 1. The zero-order valence-electron chi connectivity index (χ0n) is 10.3. The van der Waals surface area contributed by atoms with Crippen LogP contribution in [0.5, 0.6) is 0 Å². The van der Waals surface area contributed by atoms with Crippen molar-refractivity contribution in [2.45, 2.75) is 45.7 Å². The quantitative estimate of drug-likeness (QED) is 0.826. The lowest BCUT2D eigenvalue weighted by molar-refractivity contribution is 0.0661. The van der Waals surface area contributed by atoms with E-state index in [0.717, 1.165) is 11.5 Å². The number of hydrogen-bond donors (Lipinski definition) is 2. The summed E-state index contributed by atoms with van der Waals surface area (Å²) in [4.78, 5) is 10.8. The Balaban J connectivity index is 1.91. The summed E-state index contributed by atoms with van der Waals surface area (Å²) >= 11 is 0. The molecule has 1 aliphatic rings. The molecular formula is C13H19NO3. The van der Waals surface area contributed by atoms with Gasteiger partial charge in [-0.2, -0.15) is 0 Å². The topological polar surface area (TPSA) is 62.5 Å². The van der Waals surface area contributed by atoms with Crippen molar-refractivity contribution in [2.75, 3.05) is 0 Å². The largest absolute Gasteiger partial charge is 0.475 e. The number of carboxylic acids is 1. The highest BCUT2D eigenvalue weighted by molar-refractivity contribution is 5.84. The van der Waals surface area contributed by atoms with Gasteiger partial charge in [-0.05, 0) is 38.7 Å². The van der Waals surface area contributed by atoms with E-state index in [1.165, 1.54) is 19.3 Å². The van der Waals surface area contributed by atoms with Crippen LogP contribution >= 0.6 is 0 Å². The summed E-state index contributed by atoms with van der Waals surface area (Å²) in [6.07, 6.45) is 3.95. The van der Waals surface area contributed by atoms with Crippen LogP contribution in [0.2, 0.25) is 0 Å². The molecule has 1 atom stereocenters. The summed E-state index contributed by atoms with van der Waals surface area (Å²) in [7, 11) is 0. The van der Waals surface area contributed by atoms with Crippen molar-refractivity contribution in [3.63, 3.8) is 0 Å². The Morgan fingerprint density at radius 1 is 1.65 bits per heavy atom. The Morgan fingerprint density at radius 3 is 2.82 bits per heavy atom. The van der Waals surface area contributed by atoms with Crippen LogP contribution in [-0.2, 0) is 6.54 Å². The molecule has 0 aromatic carbocycles. The fourth-order valence-corrected chi connectivity index (χ4v) is 2.18. The van der Waals surface area contributed by atoms with Crippen LogP contribution in [0, 0.1) is 12.8 Å². The minimum atomic E-state index is -1.01. The Hall–Kier alpha value is -1.29. The van der Waals surface area contributed by atoms with E-state index in [2.05, 4.69) is 12.2 Å². The van der Waals surface area contributed by atoms with E-state index in [4.69, 9.17) is 9.52 Å². The second-order valence-electron chi connectivity index (χ2n) is 4.86. The minimum absolute atomic E-state index is 0.0237. The second kappa shape index (κ2) is 4.92. The van der Waals surface area contributed by atoms with Gasteiger partial charge in [-0.1, -0.05) is 6.42 Å². The van der Waals surface area contributed by atoms with Crippen molar-refractivity contribution in [1.82, 2.24) is 5.32 Å². The van der Waals surface area contributed by atoms with E-state index in [1.54, 1.807) is 13.0 Å². The van der Waals surface area contributed by atoms with Gasteiger partial charge in [0, 0.05) is 18.2 Å². The van der Waals surface area contributed by atoms with Crippen LogP contribution in [-0.4, -0.2) is 17.1 Å². The molecule has 1 unspecified atom stereocenters. The third-order valence-corrected chi connectivity index (χ3v) is 3.70. The molecule has 4 heteroatoms. The number of furan rings is 1. The standard InChI is InChI=1S/C13H19NO3/c1-8(10-4-3-5-10)14-7-11-6-12(13(15)16)17-9(11)2/h6,8,10,14H,3-5,7H2,1-2H3,(H,15,16). The summed E-state index contributed by atoms with van der Waals surface area (Å²) in [6.45, 7) is 4.68. The number of hydrogen-bond acceptors (Lipinski definition) is 3. The first-order chi connectivity index (χ1) is 8.08. The Labute approximate surface area is 101 Å². The average Bonchev–Trinajstić information content (AvgIpc) is 2.54. The first kappa shape index (κ1) is 12.2. The van der Waals surface area contributed by atoms with Gasteiger partial charge in [-0.25, -0.2) is 4.79 Å². The molecule has 0 spiro atoms. The van der Waals surface area contributed by atoms with Crippen LogP contribution in [0.3, 0.4) is 0 Å². The van der Waals surface area contributed by atoms with Crippen molar-refractivity contribution < 1.29 is 14.3 Å². The molecule has 4 nitrogen and oxygen atoms in total. The Bertz CT molecular complexity index is 407. The van der Waals surface area contributed by atoms with E-state index in [0.29, 0.717) is 18.3 Å². The highest BCUT2D eigenvalue weighted by Gasteiger charge is 2.23. The summed E-state index contributed by atoms with van der Waals surface area (Å²) in [5, 5.41) is 12.3. The van der Waals surface area contributed by atoms with Gasteiger partial charge >= 0.3 is 5.97 Å². The van der Waals surface area contributed by atoms with Gasteiger partial charge in [0.05, 0.1) is 0 Å². The first-order valence-corrected chi connectivity index (χ1v) is 6.14. The third kappa shape index (κ3) is 2.69. The Kier molecular flexibility index (Phi) is 3.52. The maximum absolute atomic E-state index is 10.8. The molecule has 0 bridgehead atoms. The zero-order valence-corrected chi connectivity index (χ0v) is 10.3. The molecule has 2 N–H and O–H groups in total. The summed E-state index contributed by atoms with van der Waals surface area (Å²) in [6, 6.07) is 2.10. The van der Waals surface area contributed by atoms with Gasteiger partial charge in [0.2, 0.25) is 5.76 Å². The van der Waals surface area contributed by atoms with E-state index >= 15 is 0 Å². The number of carbonyl (C=O) groups is 1. The van der Waals surface area contributed by atoms with Crippen molar-refractivity contribution in [3.8, 4) is 0 Å². The predicted molar refractivity (Wildman–Crippen MR) is 64.0 cm³/mol. The fourth-order valence-electron chi connectivity index (χ4n) is 2.18. The lowest BCUT2D eigenvalue weighted by atomic mass is 9.80. The van der Waals surface area contributed by atoms with Gasteiger partial charge < -0.3 is 14.8 Å². The maximum Gasteiger partial charge on any atom is 0.371 e. The molecule has 0 radical (unpaired) electrons. The lowest BCUT2D eigenvalue weighted by Gasteiger charge is -2.32. The molecular weight excluding hydrogens is 218 g/mol. The van der Waals surface area contributed by atoms with E-state index in [1.807, 2.05) is 0 Å². The summed E-state index contributed by atoms with van der Waals surface area (Å²) in [5.41, 5.74) is 0.938. The van der Waals surface area contributed by atoms with Crippen LogP contribution in [0.4, 0.5) is 0 Å². The Morgan fingerprint density at radius 2 is 2.35 bits per heavy atom. The van der Waals surface area contributed by atoms with E-state index in [-0.39, 0.29) is 5.76 Å². The SMILES string of the molecule is Cc1oc(C(=O)O)cc1CNC(C)C1CCC1. The van der Waals surface area contributed by atoms with Gasteiger partial charge in [0.15, 0.2) is 0 Å². The van der Waals surface area contributed by atoms with Crippen LogP contribution in [0.25, 0.3) is 0 Å². The van der Waals surface area contributed by atoms with Crippen molar-refractivity contribution in [1.29, 1.82) is 0 Å². The van der Waals surface area contributed by atoms with E-state index in [9.17, 15) is 4.79 Å². The molecule has 1 aromatic rings. The first-order valence-electron chi connectivity index (χ1n) is 6.14. The molecule has 1 aromatic heterocycles. The van der Waals surface area contributed by atoms with Crippen molar-refractivity contribution in [2.24, 2.45) is 5.92 Å². The van der Waals surface area contributed by atoms with Crippen LogP contribution in [0.1, 0.15) is 48.1 Å². The molecule has 94 valence electrons. The normalized spacial score (nSPS) is 17.8. The number of nitrogens with one attached hydrogen (secondary N) is 1. The third-order valence-electron chi connectivity index (χ3n) is 3.70. The van der Waals surface area contributed by atoms with E-state index < -0.39 is 5.97 Å². The average molecular weight is 237 g/mol. The highest BCUT2D eigenvalue weighted by Crippen LogP contribution is 2.29. The number of aromatic carboxylic acids is 1. The smallest absolute Gasteiger partial charge is 0.371 e. The number of carboxylic acid groups (broad SMARTS) is 1. The molecule has 1 fully saturated rings. The minimum Gasteiger partial charge on any atom is -0.475 e. The van der Waals surface area contributed by atoms with Gasteiger partial charge in [-0.15, -0.1) is 0 Å². The lowest BCUT2D eigenvalue weighted by Crippen LogP contribution is -2.36. The predicted octanol–water partition coefficient (Wildman–Crippen LogP) is 2.56. The van der Waals surface area contributed by atoms with Crippen LogP contribution in [0.15, 0.2) is 10.5 Å². The van der Waals surface area contributed by atoms with Crippen molar-refractivity contribution in [3.05, 3.63) is 23.2 Å². The number of rotatable bonds is 5. The van der Waals surface area contributed by atoms with Gasteiger partial charge in [0.1, 0.15) is 5.76 Å². The molecule has 0 aliphatic heterocycles. The maximum atomic E-state index is 10.8. The molecule has 1 aliphatic carbocycles. The van der Waals surface area contributed by atoms with Crippen LogP contribution < -0.4 is 5.32 Å². The van der Waals surface area contributed by atoms with Crippen molar-refractivity contribution >= 4 is 5.97 Å². The summed E-state index contributed by atoms with van der Waals surface area (Å²) < 4.78 is 5.17. The van der Waals surface area contributed by atoms with Gasteiger partial charge in [-0.3, -0.25) is 0 Å². The highest BCUT2D eigenvalue weighted by atomic mass is 16.4. The molecule has 2 rings (SSSR count). The van der Waals surface area contributed by atoms with Gasteiger partial charge in [0.25, 0.3) is 0 Å². The molecule has 17 heavy (non-hydrogen) atoms.